The molecule has 5 heteroatoms. The summed E-state index contributed by atoms with van der Waals surface area (Å²) in [5.74, 6) is -0.173. The minimum Gasteiger partial charge on any atom is -0.463 e. The van der Waals surface area contributed by atoms with Gasteiger partial charge in [0.25, 0.3) is 0 Å². The molecular weight excluding hydrogens is 270 g/mol. The van der Waals surface area contributed by atoms with Crippen molar-refractivity contribution in [3.63, 3.8) is 0 Å². The summed E-state index contributed by atoms with van der Waals surface area (Å²) in [6.07, 6.45) is 7.91. The molecule has 0 spiro atoms. The van der Waals surface area contributed by atoms with E-state index in [9.17, 15) is 9.90 Å². The van der Waals surface area contributed by atoms with Crippen LogP contribution in [0.5, 0.6) is 0 Å². The summed E-state index contributed by atoms with van der Waals surface area (Å²) in [4.78, 5) is 13.5. The Morgan fingerprint density at radius 3 is 2.76 bits per heavy atom. The smallest absolute Gasteiger partial charge is 0.330 e. The molecule has 21 heavy (non-hydrogen) atoms. The van der Waals surface area contributed by atoms with E-state index in [0.29, 0.717) is 19.8 Å². The van der Waals surface area contributed by atoms with Gasteiger partial charge in [0.05, 0.1) is 19.8 Å². The molecule has 1 aliphatic rings. The van der Waals surface area contributed by atoms with E-state index in [0.717, 1.165) is 13.0 Å². The van der Waals surface area contributed by atoms with Gasteiger partial charge in [-0.25, -0.2) is 4.79 Å². The van der Waals surface area contributed by atoms with Crippen molar-refractivity contribution >= 4 is 5.97 Å². The van der Waals surface area contributed by atoms with Crippen LogP contribution in [0.1, 0.15) is 32.6 Å². The zero-order valence-corrected chi connectivity index (χ0v) is 13.1. The van der Waals surface area contributed by atoms with Crippen molar-refractivity contribution in [1.29, 1.82) is 0 Å². The Morgan fingerprint density at radius 2 is 2.10 bits per heavy atom. The van der Waals surface area contributed by atoms with Crippen LogP contribution in [0.2, 0.25) is 0 Å². The first-order valence-corrected chi connectivity index (χ1v) is 8.00. The quantitative estimate of drug-likeness (QED) is 0.377. The summed E-state index contributed by atoms with van der Waals surface area (Å²) in [5.41, 5.74) is 0. The van der Waals surface area contributed by atoms with E-state index in [1.807, 2.05) is 0 Å². The van der Waals surface area contributed by atoms with Gasteiger partial charge in [-0.05, 0) is 45.8 Å². The number of ether oxygens (including phenoxy) is 2. The van der Waals surface area contributed by atoms with Gasteiger partial charge >= 0.3 is 5.97 Å². The van der Waals surface area contributed by atoms with Crippen LogP contribution < -0.4 is 0 Å². The molecule has 122 valence electrons. The Balaban J connectivity index is 2.08. The topological polar surface area (TPSA) is 59.0 Å². The lowest BCUT2D eigenvalue weighted by Gasteiger charge is -2.27. The maximum absolute atomic E-state index is 11.1. The van der Waals surface area contributed by atoms with Crippen LogP contribution in [0.4, 0.5) is 0 Å². The van der Waals surface area contributed by atoms with Crippen LogP contribution >= 0.6 is 0 Å². The fourth-order valence-corrected chi connectivity index (χ4v) is 2.41. The number of carbonyl (C=O) groups is 1. The molecule has 1 fully saturated rings. The average molecular weight is 299 g/mol. The average Bonchev–Trinajstić information content (AvgIpc) is 2.51. The van der Waals surface area contributed by atoms with Gasteiger partial charge in [-0.2, -0.15) is 0 Å². The summed E-state index contributed by atoms with van der Waals surface area (Å²) >= 11 is 0. The molecular formula is C16H29NO4. The molecule has 0 radical (unpaired) electrons. The molecule has 1 heterocycles. The minimum absolute atomic E-state index is 0.148. The second kappa shape index (κ2) is 11.7. The van der Waals surface area contributed by atoms with Crippen LogP contribution in [-0.2, 0) is 14.3 Å². The third kappa shape index (κ3) is 8.86. The monoisotopic (exact) mass is 299 g/mol. The molecule has 1 atom stereocenters. The number of carbonyl (C=O) groups excluding carboxylic acids is 1. The number of likely N-dealkylation sites (tertiary alicyclic amines) is 1. The number of aliphatic hydroxyl groups is 1. The fraction of sp³-hybridized carbons (Fsp3) is 0.812. The molecule has 0 aliphatic carbocycles. The lowest BCUT2D eigenvalue weighted by atomic mass is 10.1. The van der Waals surface area contributed by atoms with Crippen molar-refractivity contribution in [2.75, 3.05) is 46.1 Å². The minimum atomic E-state index is -0.343. The predicted octanol–water partition coefficient (Wildman–Crippen LogP) is 1.61. The van der Waals surface area contributed by atoms with E-state index in [1.165, 1.54) is 38.4 Å². The van der Waals surface area contributed by atoms with Gasteiger partial charge in [0.2, 0.25) is 0 Å². The summed E-state index contributed by atoms with van der Waals surface area (Å²) in [7, 11) is 0. The maximum atomic E-state index is 11.1. The van der Waals surface area contributed by atoms with Gasteiger partial charge in [0, 0.05) is 18.6 Å². The third-order valence-electron chi connectivity index (χ3n) is 3.67. The number of hydrogen-bond donors (Lipinski definition) is 1. The van der Waals surface area contributed by atoms with Crippen molar-refractivity contribution in [3.8, 4) is 0 Å². The second-order valence-corrected chi connectivity index (χ2v) is 5.43. The highest BCUT2D eigenvalue weighted by molar-refractivity contribution is 5.81. The van der Waals surface area contributed by atoms with Gasteiger partial charge < -0.3 is 19.5 Å². The third-order valence-corrected chi connectivity index (χ3v) is 3.67. The molecule has 1 rings (SSSR count). The lowest BCUT2D eigenvalue weighted by molar-refractivity contribution is -0.137. The van der Waals surface area contributed by atoms with Gasteiger partial charge in [-0.3, -0.25) is 0 Å². The Hall–Kier alpha value is -0.910. The molecule has 5 nitrogen and oxygen atoms in total. The summed E-state index contributed by atoms with van der Waals surface area (Å²) in [6.45, 7) is 6.60. The number of aliphatic hydroxyl groups excluding tert-OH is 1. The Labute approximate surface area is 127 Å². The second-order valence-electron chi connectivity index (χ2n) is 5.43. The number of piperidine rings is 1. The Bertz CT molecular complexity index is 301. The highest BCUT2D eigenvalue weighted by atomic mass is 16.5. The molecule has 1 aliphatic heterocycles. The lowest BCUT2D eigenvalue weighted by Crippen LogP contribution is -2.32. The molecule has 1 N–H and O–H groups in total. The van der Waals surface area contributed by atoms with E-state index in [2.05, 4.69) is 4.90 Å². The normalized spacial score (nSPS) is 18.0. The molecule has 0 aromatic rings. The van der Waals surface area contributed by atoms with Gasteiger partial charge in [-0.15, -0.1) is 0 Å². The highest BCUT2D eigenvalue weighted by Gasteiger charge is 2.13. The molecule has 1 unspecified atom stereocenters. The van der Waals surface area contributed by atoms with Crippen molar-refractivity contribution in [2.45, 2.75) is 32.6 Å². The number of hydrogen-bond acceptors (Lipinski definition) is 5. The predicted molar refractivity (Wildman–Crippen MR) is 82.1 cm³/mol. The molecule has 0 saturated carbocycles. The molecule has 0 bridgehead atoms. The summed E-state index contributed by atoms with van der Waals surface area (Å²) in [6, 6.07) is 0. The van der Waals surface area contributed by atoms with Crippen LogP contribution in [0.25, 0.3) is 0 Å². The molecule has 0 aromatic heterocycles. The first kappa shape index (κ1) is 18.1. The van der Waals surface area contributed by atoms with Crippen molar-refractivity contribution < 1.29 is 19.4 Å². The number of esters is 1. The molecule has 0 aromatic carbocycles. The van der Waals surface area contributed by atoms with E-state index in [-0.39, 0.29) is 18.5 Å². The number of rotatable bonds is 10. The van der Waals surface area contributed by atoms with E-state index in [1.54, 1.807) is 13.0 Å². The zero-order valence-electron chi connectivity index (χ0n) is 13.1. The standard InChI is InChI=1S/C16H29NO4/c1-2-21-16(19)7-6-12-20-14-15(13-18)8-11-17-9-4-3-5-10-17/h6-7,15,18H,2-5,8-14H2,1H3/b7-6+. The first-order valence-electron chi connectivity index (χ1n) is 8.00. The van der Waals surface area contributed by atoms with Crippen molar-refractivity contribution in [3.05, 3.63) is 12.2 Å². The summed E-state index contributed by atoms with van der Waals surface area (Å²) in [5, 5.41) is 9.38. The first-order chi connectivity index (χ1) is 10.3. The largest absolute Gasteiger partial charge is 0.463 e. The van der Waals surface area contributed by atoms with Crippen molar-refractivity contribution in [1.82, 2.24) is 4.90 Å². The van der Waals surface area contributed by atoms with Crippen LogP contribution in [-0.4, -0.2) is 62.0 Å². The van der Waals surface area contributed by atoms with Gasteiger partial charge in [0.1, 0.15) is 0 Å². The maximum Gasteiger partial charge on any atom is 0.330 e. The Morgan fingerprint density at radius 1 is 1.33 bits per heavy atom. The van der Waals surface area contributed by atoms with Crippen LogP contribution in [0.15, 0.2) is 12.2 Å². The van der Waals surface area contributed by atoms with Crippen molar-refractivity contribution in [2.24, 2.45) is 5.92 Å². The van der Waals surface area contributed by atoms with Crippen LogP contribution in [0, 0.1) is 5.92 Å². The van der Waals surface area contributed by atoms with E-state index < -0.39 is 0 Å². The molecule has 0 amide bonds. The molecule has 1 saturated heterocycles. The fourth-order valence-electron chi connectivity index (χ4n) is 2.41. The highest BCUT2D eigenvalue weighted by Crippen LogP contribution is 2.11. The summed E-state index contributed by atoms with van der Waals surface area (Å²) < 4.78 is 10.3. The van der Waals surface area contributed by atoms with Crippen LogP contribution in [0.3, 0.4) is 0 Å². The van der Waals surface area contributed by atoms with Gasteiger partial charge in [-0.1, -0.05) is 12.5 Å². The Kier molecular flexibility index (Phi) is 10.1. The van der Waals surface area contributed by atoms with Gasteiger partial charge in [0.15, 0.2) is 0 Å². The zero-order chi connectivity index (χ0) is 15.3. The SMILES string of the molecule is CCOC(=O)/C=C/COCC(CO)CCN1CCCCC1. The van der Waals surface area contributed by atoms with E-state index >= 15 is 0 Å². The number of nitrogens with zero attached hydrogens (tertiary/aromatic N) is 1. The van der Waals surface area contributed by atoms with E-state index in [4.69, 9.17) is 9.47 Å².